The maximum absolute atomic E-state index is 13.7. The molecule has 0 aliphatic heterocycles. The van der Waals surface area contributed by atoms with Gasteiger partial charge in [0.15, 0.2) is 0 Å². The number of carbonyl (C=O) groups excluding carboxylic acids is 2. The van der Waals surface area contributed by atoms with Crippen molar-refractivity contribution in [2.24, 2.45) is 5.10 Å². The maximum atomic E-state index is 13.7. The lowest BCUT2D eigenvalue weighted by Crippen LogP contribution is -2.18. The van der Waals surface area contributed by atoms with Gasteiger partial charge < -0.3 is 9.30 Å². The second kappa shape index (κ2) is 8.52. The van der Waals surface area contributed by atoms with E-state index in [4.69, 9.17) is 4.74 Å². The molecule has 1 aromatic heterocycles. The van der Waals surface area contributed by atoms with Gasteiger partial charge in [-0.1, -0.05) is 12.1 Å². The quantitative estimate of drug-likeness (QED) is 0.407. The zero-order valence-electron chi connectivity index (χ0n) is 16.3. The third-order valence-electron chi connectivity index (χ3n) is 4.51. The van der Waals surface area contributed by atoms with Gasteiger partial charge in [-0.25, -0.2) is 14.6 Å². The molecule has 1 heterocycles. The summed E-state index contributed by atoms with van der Waals surface area (Å²) in [5.74, 6) is -1.61. The Kier molecular flexibility index (Phi) is 5.87. The van der Waals surface area contributed by atoms with Gasteiger partial charge >= 0.3 is 5.97 Å². The van der Waals surface area contributed by atoms with E-state index >= 15 is 0 Å². The molecule has 2 aromatic carbocycles. The fourth-order valence-electron chi connectivity index (χ4n) is 3.05. The number of halogens is 1. The number of benzene rings is 2. The SMILES string of the molecule is COC(=O)c1ccc(-n2c(C)cc(/C=N\NC(=O)c3ccccc3F)c2C)cc1. The standard InChI is InChI=1S/C22H20FN3O3/c1-14-12-17(13-24-25-21(27)19-6-4-5-7-20(19)23)15(2)26(14)18-10-8-16(9-11-18)22(28)29-3/h4-13H,1-3H3,(H,25,27)/b24-13-. The highest BCUT2D eigenvalue weighted by Gasteiger charge is 2.12. The summed E-state index contributed by atoms with van der Waals surface area (Å²) in [6.45, 7) is 3.86. The molecule has 148 valence electrons. The van der Waals surface area contributed by atoms with Crippen molar-refractivity contribution in [3.05, 3.63) is 88.5 Å². The number of aromatic nitrogens is 1. The molecule has 1 N–H and O–H groups in total. The van der Waals surface area contributed by atoms with Crippen molar-refractivity contribution in [1.29, 1.82) is 0 Å². The second-order valence-electron chi connectivity index (χ2n) is 6.38. The van der Waals surface area contributed by atoms with Crippen molar-refractivity contribution in [3.8, 4) is 5.69 Å². The van der Waals surface area contributed by atoms with E-state index in [0.717, 1.165) is 22.6 Å². The van der Waals surface area contributed by atoms with Crippen LogP contribution in [0.25, 0.3) is 5.69 Å². The van der Waals surface area contributed by atoms with Crippen LogP contribution in [0.5, 0.6) is 0 Å². The topological polar surface area (TPSA) is 72.7 Å². The molecule has 29 heavy (non-hydrogen) atoms. The van der Waals surface area contributed by atoms with Crippen LogP contribution in [0.15, 0.2) is 59.7 Å². The van der Waals surface area contributed by atoms with Crippen molar-refractivity contribution >= 4 is 18.1 Å². The predicted octanol–water partition coefficient (Wildman–Crippen LogP) is 3.78. The number of hydrogen-bond acceptors (Lipinski definition) is 4. The highest BCUT2D eigenvalue weighted by atomic mass is 19.1. The zero-order chi connectivity index (χ0) is 21.0. The second-order valence-corrected chi connectivity index (χ2v) is 6.38. The van der Waals surface area contributed by atoms with Crippen LogP contribution < -0.4 is 5.43 Å². The normalized spacial score (nSPS) is 10.9. The molecule has 6 nitrogen and oxygen atoms in total. The number of hydrazone groups is 1. The van der Waals surface area contributed by atoms with Gasteiger partial charge in [0.2, 0.25) is 0 Å². The van der Waals surface area contributed by atoms with Gasteiger partial charge in [-0.2, -0.15) is 5.10 Å². The van der Waals surface area contributed by atoms with Crippen molar-refractivity contribution < 1.29 is 18.7 Å². The molecule has 0 bridgehead atoms. The number of methoxy groups -OCH3 is 1. The zero-order valence-corrected chi connectivity index (χ0v) is 16.3. The first-order valence-electron chi connectivity index (χ1n) is 8.88. The minimum absolute atomic E-state index is 0.0687. The highest BCUT2D eigenvalue weighted by Crippen LogP contribution is 2.20. The first kappa shape index (κ1) is 20.0. The maximum Gasteiger partial charge on any atom is 0.337 e. The van der Waals surface area contributed by atoms with Crippen LogP contribution in [-0.2, 0) is 4.74 Å². The molecule has 0 saturated carbocycles. The first-order chi connectivity index (χ1) is 13.9. The lowest BCUT2D eigenvalue weighted by molar-refractivity contribution is 0.0600. The van der Waals surface area contributed by atoms with E-state index in [1.807, 2.05) is 36.6 Å². The van der Waals surface area contributed by atoms with Crippen LogP contribution in [0.1, 0.15) is 37.7 Å². The lowest BCUT2D eigenvalue weighted by atomic mass is 10.2. The number of rotatable bonds is 5. The first-order valence-corrected chi connectivity index (χ1v) is 8.88. The number of esters is 1. The molecule has 3 rings (SSSR count). The van der Waals surface area contributed by atoms with E-state index in [1.165, 1.54) is 31.5 Å². The van der Waals surface area contributed by atoms with Crippen LogP contribution >= 0.6 is 0 Å². The van der Waals surface area contributed by atoms with E-state index in [2.05, 4.69) is 10.5 Å². The lowest BCUT2D eigenvalue weighted by Gasteiger charge is -2.10. The van der Waals surface area contributed by atoms with Gasteiger partial charge in [0.1, 0.15) is 5.82 Å². The van der Waals surface area contributed by atoms with E-state index < -0.39 is 17.7 Å². The Morgan fingerprint density at radius 3 is 2.45 bits per heavy atom. The summed E-state index contributed by atoms with van der Waals surface area (Å²) in [7, 11) is 1.34. The van der Waals surface area contributed by atoms with E-state index in [9.17, 15) is 14.0 Å². The fraction of sp³-hybridized carbons (Fsp3) is 0.136. The number of carbonyl (C=O) groups is 2. The number of amides is 1. The van der Waals surface area contributed by atoms with Gasteiger partial charge in [-0.05, 0) is 56.3 Å². The van der Waals surface area contributed by atoms with Crippen LogP contribution in [0.3, 0.4) is 0 Å². The number of nitrogens with zero attached hydrogens (tertiary/aromatic N) is 2. The summed E-state index contributed by atoms with van der Waals surface area (Å²) >= 11 is 0. The van der Waals surface area contributed by atoms with Crippen molar-refractivity contribution in [3.63, 3.8) is 0 Å². The Hall–Kier alpha value is -3.74. The molecule has 0 radical (unpaired) electrons. The molecule has 3 aromatic rings. The minimum Gasteiger partial charge on any atom is -0.465 e. The summed E-state index contributed by atoms with van der Waals surface area (Å²) in [5, 5.41) is 3.95. The van der Waals surface area contributed by atoms with Gasteiger partial charge in [-0.3, -0.25) is 4.79 Å². The van der Waals surface area contributed by atoms with Gasteiger partial charge in [0.05, 0.1) is 24.5 Å². The average Bonchev–Trinajstić information content (AvgIpc) is 3.01. The Bertz CT molecular complexity index is 1090. The molecule has 0 aliphatic rings. The highest BCUT2D eigenvalue weighted by molar-refractivity contribution is 5.95. The molecule has 0 aliphatic carbocycles. The number of aryl methyl sites for hydroxylation is 1. The third-order valence-corrected chi connectivity index (χ3v) is 4.51. The third kappa shape index (κ3) is 4.24. The average molecular weight is 393 g/mol. The summed E-state index contributed by atoms with van der Waals surface area (Å²) in [6, 6.07) is 14.7. The molecular formula is C22H20FN3O3. The van der Waals surface area contributed by atoms with Crippen LogP contribution in [-0.4, -0.2) is 29.8 Å². The van der Waals surface area contributed by atoms with Crippen molar-refractivity contribution in [2.45, 2.75) is 13.8 Å². The minimum atomic E-state index is -0.619. The Labute approximate surface area is 167 Å². The van der Waals surface area contributed by atoms with Crippen molar-refractivity contribution in [1.82, 2.24) is 9.99 Å². The molecule has 0 unspecified atom stereocenters. The molecule has 0 atom stereocenters. The molecule has 1 amide bonds. The fourth-order valence-corrected chi connectivity index (χ4v) is 3.05. The van der Waals surface area contributed by atoms with E-state index in [-0.39, 0.29) is 5.56 Å². The summed E-state index contributed by atoms with van der Waals surface area (Å²) in [5.41, 5.74) is 6.27. The number of nitrogens with one attached hydrogen (secondary N) is 1. The van der Waals surface area contributed by atoms with Gasteiger partial charge in [-0.15, -0.1) is 0 Å². The molecule has 0 fully saturated rings. The predicted molar refractivity (Wildman–Crippen MR) is 108 cm³/mol. The van der Waals surface area contributed by atoms with E-state index in [1.54, 1.807) is 18.2 Å². The van der Waals surface area contributed by atoms with Gasteiger partial charge in [0.25, 0.3) is 5.91 Å². The van der Waals surface area contributed by atoms with Gasteiger partial charge in [0, 0.05) is 22.6 Å². The molecule has 0 saturated heterocycles. The summed E-state index contributed by atoms with van der Waals surface area (Å²) in [6.07, 6.45) is 1.51. The molecular weight excluding hydrogens is 373 g/mol. The summed E-state index contributed by atoms with van der Waals surface area (Å²) in [4.78, 5) is 23.6. The largest absolute Gasteiger partial charge is 0.465 e. The Morgan fingerprint density at radius 2 is 1.79 bits per heavy atom. The Balaban J connectivity index is 1.79. The molecule has 7 heteroatoms. The number of hydrogen-bond donors (Lipinski definition) is 1. The van der Waals surface area contributed by atoms with Crippen molar-refractivity contribution in [2.75, 3.05) is 7.11 Å². The monoisotopic (exact) mass is 393 g/mol. The smallest absolute Gasteiger partial charge is 0.337 e. The number of ether oxygens (including phenoxy) is 1. The summed E-state index contributed by atoms with van der Waals surface area (Å²) < 4.78 is 20.4. The van der Waals surface area contributed by atoms with Crippen LogP contribution in [0.2, 0.25) is 0 Å². The van der Waals surface area contributed by atoms with E-state index in [0.29, 0.717) is 5.56 Å². The van der Waals surface area contributed by atoms with Crippen LogP contribution in [0.4, 0.5) is 4.39 Å². The Morgan fingerprint density at radius 1 is 1.10 bits per heavy atom. The van der Waals surface area contributed by atoms with Crippen LogP contribution in [0, 0.1) is 19.7 Å². The molecule has 0 spiro atoms.